The van der Waals surface area contributed by atoms with Crippen LogP contribution in [-0.4, -0.2) is 14.8 Å². The fourth-order valence-electron chi connectivity index (χ4n) is 2.53. The second-order valence-corrected chi connectivity index (χ2v) is 17.6. The van der Waals surface area contributed by atoms with Crippen LogP contribution >= 0.6 is 44.3 Å². The van der Waals surface area contributed by atoms with Crippen molar-refractivity contribution in [1.82, 2.24) is 0 Å². The highest BCUT2D eigenvalue weighted by atomic mass is 35.7. The van der Waals surface area contributed by atoms with Crippen LogP contribution in [0.2, 0.25) is 0 Å². The zero-order chi connectivity index (χ0) is 16.6. The van der Waals surface area contributed by atoms with Gasteiger partial charge in [0, 0.05) is 10.1 Å². The summed E-state index contributed by atoms with van der Waals surface area (Å²) in [6.07, 6.45) is 0. The zero-order valence-corrected chi connectivity index (χ0v) is 18.8. The third-order valence-electron chi connectivity index (χ3n) is 4.15. The van der Waals surface area contributed by atoms with E-state index >= 15 is 0 Å². The first-order valence-corrected chi connectivity index (χ1v) is 15.3. The predicted octanol–water partition coefficient (Wildman–Crippen LogP) is 5.84. The number of halogens is 4. The molecule has 0 aliphatic carbocycles. The fourth-order valence-corrected chi connectivity index (χ4v) is 4.91. The molecule has 0 aliphatic rings. The smallest absolute Gasteiger partial charge is 0.149 e. The molecule has 21 heavy (non-hydrogen) atoms. The lowest BCUT2D eigenvalue weighted by atomic mass is 9.82. The largest absolute Gasteiger partial charge is 0.246 e. The van der Waals surface area contributed by atoms with Crippen molar-refractivity contribution in [2.24, 2.45) is 0 Å². The molecule has 1 aromatic carbocycles. The van der Waals surface area contributed by atoms with Crippen molar-refractivity contribution in [3.63, 3.8) is 0 Å². The SMILES string of the molecule is CC(C)c1cccc(C(C)(C)[SiH](Cl)Cl)c1C(C)(C)[SiH](Cl)Cl. The van der Waals surface area contributed by atoms with Gasteiger partial charge in [-0.2, -0.15) is 0 Å². The molecule has 0 N–H and O–H groups in total. The zero-order valence-electron chi connectivity index (χ0n) is 13.5. The molecule has 1 aromatic rings. The standard InChI is InChI=1S/C15H24Cl4Si2/c1-10(2)11-8-7-9-12(14(3,4)20(16)17)13(11)15(5,6)21(18)19/h7-10,20-21H,1-6H3. The highest BCUT2D eigenvalue weighted by Gasteiger charge is 2.40. The van der Waals surface area contributed by atoms with Gasteiger partial charge in [0.25, 0.3) is 0 Å². The van der Waals surface area contributed by atoms with Gasteiger partial charge >= 0.3 is 0 Å². The minimum atomic E-state index is -1.93. The topological polar surface area (TPSA) is 0 Å². The maximum Gasteiger partial charge on any atom is 0.246 e. The molecule has 0 radical (unpaired) electrons. The maximum absolute atomic E-state index is 6.43. The van der Waals surface area contributed by atoms with E-state index < -0.39 is 14.8 Å². The minimum Gasteiger partial charge on any atom is -0.149 e. The molecule has 0 bridgehead atoms. The number of hydrogen-bond acceptors (Lipinski definition) is 0. The Kier molecular flexibility index (Phi) is 6.76. The highest BCUT2D eigenvalue weighted by Crippen LogP contribution is 2.43. The van der Waals surface area contributed by atoms with Gasteiger partial charge in [-0.1, -0.05) is 59.7 Å². The normalized spacial score (nSPS) is 13.6. The Balaban J connectivity index is 3.72. The van der Waals surface area contributed by atoms with Gasteiger partial charge < -0.3 is 0 Å². The van der Waals surface area contributed by atoms with Crippen LogP contribution in [0.3, 0.4) is 0 Å². The third kappa shape index (κ3) is 4.02. The second-order valence-electron chi connectivity index (χ2n) is 6.97. The van der Waals surface area contributed by atoms with Gasteiger partial charge in [-0.3, -0.25) is 0 Å². The van der Waals surface area contributed by atoms with Crippen LogP contribution in [0.1, 0.15) is 64.2 Å². The van der Waals surface area contributed by atoms with Crippen LogP contribution < -0.4 is 0 Å². The van der Waals surface area contributed by atoms with Crippen LogP contribution in [0.5, 0.6) is 0 Å². The molecular weight excluding hydrogens is 378 g/mol. The molecule has 0 atom stereocenters. The molecule has 0 fully saturated rings. The lowest BCUT2D eigenvalue weighted by Crippen LogP contribution is -2.38. The van der Waals surface area contributed by atoms with Crippen LogP contribution in [-0.2, 0) is 10.1 Å². The van der Waals surface area contributed by atoms with E-state index in [1.165, 1.54) is 16.7 Å². The summed E-state index contributed by atoms with van der Waals surface area (Å²) in [5, 5.41) is -0.453. The lowest BCUT2D eigenvalue weighted by molar-refractivity contribution is 0.663. The molecule has 6 heteroatoms. The van der Waals surface area contributed by atoms with Gasteiger partial charge in [0.15, 0.2) is 0 Å². The Hall–Kier alpha value is 0.814. The lowest BCUT2D eigenvalue weighted by Gasteiger charge is -2.37. The molecule has 0 aromatic heterocycles. The average Bonchev–Trinajstić information content (AvgIpc) is 2.37. The molecule has 0 saturated carbocycles. The summed E-state index contributed by atoms with van der Waals surface area (Å²) in [7, 11) is -3.85. The van der Waals surface area contributed by atoms with Gasteiger partial charge in [-0.25, -0.2) is 0 Å². The summed E-state index contributed by atoms with van der Waals surface area (Å²) < 4.78 is 0. The first kappa shape index (κ1) is 19.9. The number of hydrogen-bond donors (Lipinski definition) is 0. The first-order chi connectivity index (χ1) is 9.44. The maximum atomic E-state index is 6.43. The molecule has 0 unspecified atom stereocenters. The number of rotatable bonds is 5. The van der Waals surface area contributed by atoms with Crippen molar-refractivity contribution < 1.29 is 0 Å². The number of benzene rings is 1. The molecule has 0 spiro atoms. The van der Waals surface area contributed by atoms with Crippen LogP contribution in [0.15, 0.2) is 18.2 Å². The van der Waals surface area contributed by atoms with Crippen molar-refractivity contribution in [3.05, 3.63) is 34.9 Å². The summed E-state index contributed by atoms with van der Waals surface area (Å²) >= 11 is 25.6. The van der Waals surface area contributed by atoms with Gasteiger partial charge in [0.2, 0.25) is 14.8 Å². The van der Waals surface area contributed by atoms with Crippen molar-refractivity contribution in [2.75, 3.05) is 0 Å². The molecule has 0 amide bonds. The molecule has 0 nitrogen and oxygen atoms in total. The van der Waals surface area contributed by atoms with E-state index in [0.717, 1.165) is 0 Å². The summed E-state index contributed by atoms with van der Waals surface area (Å²) in [5.74, 6) is 0.405. The molecular formula is C15H24Cl4Si2. The van der Waals surface area contributed by atoms with Crippen molar-refractivity contribution in [1.29, 1.82) is 0 Å². The Labute approximate surface area is 151 Å². The van der Waals surface area contributed by atoms with Crippen molar-refractivity contribution >= 4 is 59.1 Å². The third-order valence-corrected chi connectivity index (χ3v) is 13.5. The van der Waals surface area contributed by atoms with E-state index in [1.54, 1.807) is 0 Å². The average molecular weight is 402 g/mol. The summed E-state index contributed by atoms with van der Waals surface area (Å²) in [4.78, 5) is 0. The monoisotopic (exact) mass is 400 g/mol. The summed E-state index contributed by atoms with van der Waals surface area (Å²) in [5.41, 5.74) is 3.76. The Morgan fingerprint density at radius 2 is 1.33 bits per heavy atom. The molecule has 0 aliphatic heterocycles. The van der Waals surface area contributed by atoms with Crippen LogP contribution in [0.4, 0.5) is 0 Å². The highest BCUT2D eigenvalue weighted by molar-refractivity contribution is 7.35. The molecule has 0 heterocycles. The summed E-state index contributed by atoms with van der Waals surface area (Å²) in [6, 6.07) is 6.40. The van der Waals surface area contributed by atoms with E-state index in [2.05, 4.69) is 59.7 Å². The first-order valence-electron chi connectivity index (χ1n) is 7.14. The summed E-state index contributed by atoms with van der Waals surface area (Å²) in [6.45, 7) is 12.9. The minimum absolute atomic E-state index is 0.225. The van der Waals surface area contributed by atoms with Gasteiger partial charge in [-0.05, 0) is 22.6 Å². The van der Waals surface area contributed by atoms with Crippen molar-refractivity contribution in [2.45, 2.75) is 57.5 Å². The molecule has 120 valence electrons. The van der Waals surface area contributed by atoms with Crippen molar-refractivity contribution in [3.8, 4) is 0 Å². The molecule has 1 rings (SSSR count). The van der Waals surface area contributed by atoms with E-state index in [0.29, 0.717) is 5.92 Å². The molecule has 0 saturated heterocycles. The van der Waals surface area contributed by atoms with Gasteiger partial charge in [0.05, 0.1) is 0 Å². The van der Waals surface area contributed by atoms with Gasteiger partial charge in [0.1, 0.15) is 0 Å². The second kappa shape index (κ2) is 7.15. The predicted molar refractivity (Wildman–Crippen MR) is 104 cm³/mol. The van der Waals surface area contributed by atoms with E-state index in [9.17, 15) is 0 Å². The van der Waals surface area contributed by atoms with E-state index in [4.69, 9.17) is 44.3 Å². The van der Waals surface area contributed by atoms with Gasteiger partial charge in [-0.15, -0.1) is 44.3 Å². The Morgan fingerprint density at radius 1 is 0.857 bits per heavy atom. The van der Waals surface area contributed by atoms with E-state index in [1.807, 2.05) is 0 Å². The van der Waals surface area contributed by atoms with Crippen LogP contribution in [0, 0.1) is 0 Å². The quantitative estimate of drug-likeness (QED) is 0.429. The Morgan fingerprint density at radius 3 is 1.71 bits per heavy atom. The van der Waals surface area contributed by atoms with E-state index in [-0.39, 0.29) is 10.1 Å². The Bertz CT molecular complexity index is 496. The van der Waals surface area contributed by atoms with Crippen LogP contribution in [0.25, 0.3) is 0 Å². The fraction of sp³-hybridized carbons (Fsp3) is 0.600.